The zero-order valence-corrected chi connectivity index (χ0v) is 14.9. The molecule has 1 aromatic heterocycles. The Kier molecular flexibility index (Phi) is 4.79. The van der Waals surface area contributed by atoms with Gasteiger partial charge in [0.25, 0.3) is 5.56 Å². The Morgan fingerprint density at radius 2 is 1.88 bits per heavy atom. The maximum atomic E-state index is 12.9. The molecule has 1 N–H and O–H groups in total. The number of esters is 1. The van der Waals surface area contributed by atoms with Crippen molar-refractivity contribution in [3.05, 3.63) is 44.1 Å². The summed E-state index contributed by atoms with van der Waals surface area (Å²) in [6, 6.07) is 3.69. The molecule has 0 amide bonds. The quantitative estimate of drug-likeness (QED) is 0.866. The lowest BCUT2D eigenvalue weighted by molar-refractivity contribution is -0.146. The fourth-order valence-electron chi connectivity index (χ4n) is 3.78. The van der Waals surface area contributed by atoms with E-state index in [0.717, 1.165) is 36.8 Å². The van der Waals surface area contributed by atoms with Crippen molar-refractivity contribution >= 4 is 16.9 Å². The molecule has 1 aliphatic carbocycles. The number of aryl methyl sites for hydroxylation is 2. The lowest BCUT2D eigenvalue weighted by Gasteiger charge is -2.27. The largest absolute Gasteiger partial charge is 0.469 e. The molecule has 1 aromatic carbocycles. The third-order valence-corrected chi connectivity index (χ3v) is 5.50. The van der Waals surface area contributed by atoms with Crippen LogP contribution in [-0.4, -0.2) is 22.6 Å². The van der Waals surface area contributed by atoms with E-state index in [4.69, 9.17) is 4.74 Å². The molecule has 0 bridgehead atoms. The van der Waals surface area contributed by atoms with Crippen LogP contribution in [0.4, 0.5) is 0 Å². The van der Waals surface area contributed by atoms with Crippen LogP contribution < -0.4 is 11.2 Å². The molecule has 6 heteroatoms. The van der Waals surface area contributed by atoms with Gasteiger partial charge in [0.05, 0.1) is 23.9 Å². The predicted molar refractivity (Wildman–Crippen MR) is 95.8 cm³/mol. The van der Waals surface area contributed by atoms with E-state index in [0.29, 0.717) is 17.4 Å². The highest BCUT2D eigenvalue weighted by Crippen LogP contribution is 2.30. The number of nitrogens with zero attached hydrogens (tertiary/aromatic N) is 1. The number of ether oxygens (including phenoxy) is 1. The van der Waals surface area contributed by atoms with E-state index in [1.807, 2.05) is 19.9 Å². The first kappa shape index (κ1) is 17.5. The molecule has 0 saturated heterocycles. The third-order valence-electron chi connectivity index (χ3n) is 5.50. The molecule has 1 fully saturated rings. The monoisotopic (exact) mass is 344 g/mol. The van der Waals surface area contributed by atoms with Gasteiger partial charge in [0.1, 0.15) is 0 Å². The maximum Gasteiger partial charge on any atom is 0.328 e. The van der Waals surface area contributed by atoms with Crippen LogP contribution in [0.2, 0.25) is 0 Å². The first-order chi connectivity index (χ1) is 11.9. The van der Waals surface area contributed by atoms with Crippen molar-refractivity contribution < 1.29 is 9.53 Å². The number of hydrogen-bond acceptors (Lipinski definition) is 4. The van der Waals surface area contributed by atoms with Gasteiger partial charge in [-0.05, 0) is 62.6 Å². The average Bonchev–Trinajstić information content (AvgIpc) is 2.61. The van der Waals surface area contributed by atoms with E-state index in [1.54, 1.807) is 6.07 Å². The van der Waals surface area contributed by atoms with Gasteiger partial charge in [-0.15, -0.1) is 0 Å². The summed E-state index contributed by atoms with van der Waals surface area (Å²) in [7, 11) is 1.41. The summed E-state index contributed by atoms with van der Waals surface area (Å²) in [5.74, 6) is 0.00490. The number of carbonyl (C=O) groups is 1. The Labute approximate surface area is 145 Å². The molecule has 0 radical (unpaired) electrons. The van der Waals surface area contributed by atoms with E-state index < -0.39 is 0 Å². The van der Waals surface area contributed by atoms with Gasteiger partial charge in [0.15, 0.2) is 0 Å². The van der Waals surface area contributed by atoms with E-state index >= 15 is 0 Å². The fourth-order valence-corrected chi connectivity index (χ4v) is 3.78. The Bertz CT molecular complexity index is 917. The van der Waals surface area contributed by atoms with E-state index in [2.05, 4.69) is 4.98 Å². The van der Waals surface area contributed by atoms with E-state index in [9.17, 15) is 14.4 Å². The Morgan fingerprint density at radius 1 is 1.20 bits per heavy atom. The number of aromatic nitrogens is 2. The SMILES string of the molecule is COC(=O)C1CCC(Cn2c(=O)[nH]c3ccc(C)c(C)c3c2=O)CC1. The number of methoxy groups -OCH3 is 1. The van der Waals surface area contributed by atoms with Crippen LogP contribution in [0.15, 0.2) is 21.7 Å². The standard InChI is InChI=1S/C19H24N2O4/c1-11-4-9-15-16(12(11)2)17(22)21(19(24)20-15)10-13-5-7-14(8-6-13)18(23)25-3/h4,9,13-14H,5-8,10H2,1-3H3,(H,20,24). The van der Waals surface area contributed by atoms with Crippen molar-refractivity contribution in [2.45, 2.75) is 46.1 Å². The molecule has 2 aromatic rings. The molecule has 1 aliphatic rings. The van der Waals surface area contributed by atoms with Crippen LogP contribution in [-0.2, 0) is 16.1 Å². The zero-order valence-electron chi connectivity index (χ0n) is 14.9. The summed E-state index contributed by atoms with van der Waals surface area (Å²) in [6.45, 7) is 4.26. The Balaban J connectivity index is 1.88. The van der Waals surface area contributed by atoms with Gasteiger partial charge in [-0.2, -0.15) is 0 Å². The van der Waals surface area contributed by atoms with Crippen LogP contribution in [0.25, 0.3) is 10.9 Å². The van der Waals surface area contributed by atoms with Gasteiger partial charge in [0, 0.05) is 6.54 Å². The second-order valence-corrected chi connectivity index (χ2v) is 7.02. The summed E-state index contributed by atoms with van der Waals surface area (Å²) in [5.41, 5.74) is 1.93. The molecule has 6 nitrogen and oxygen atoms in total. The topological polar surface area (TPSA) is 81.2 Å². The van der Waals surface area contributed by atoms with Crippen molar-refractivity contribution in [1.82, 2.24) is 9.55 Å². The molecule has 1 heterocycles. The Hall–Kier alpha value is -2.37. The van der Waals surface area contributed by atoms with E-state index in [-0.39, 0.29) is 29.1 Å². The molecule has 134 valence electrons. The lowest BCUT2D eigenvalue weighted by Crippen LogP contribution is -2.38. The van der Waals surface area contributed by atoms with Gasteiger partial charge in [-0.1, -0.05) is 6.07 Å². The fraction of sp³-hybridized carbons (Fsp3) is 0.526. The minimum absolute atomic E-state index is 0.0576. The number of rotatable bonds is 3. The normalized spacial score (nSPS) is 20.6. The number of benzene rings is 1. The van der Waals surface area contributed by atoms with Gasteiger partial charge < -0.3 is 9.72 Å². The smallest absolute Gasteiger partial charge is 0.328 e. The molecule has 0 aliphatic heterocycles. The highest BCUT2D eigenvalue weighted by Gasteiger charge is 2.27. The number of fused-ring (bicyclic) bond motifs is 1. The third kappa shape index (κ3) is 3.25. The first-order valence-electron chi connectivity index (χ1n) is 8.73. The minimum atomic E-state index is -0.365. The number of nitrogens with one attached hydrogen (secondary N) is 1. The van der Waals surface area contributed by atoms with E-state index in [1.165, 1.54) is 11.7 Å². The highest BCUT2D eigenvalue weighted by atomic mass is 16.5. The molecule has 0 unspecified atom stereocenters. The summed E-state index contributed by atoms with van der Waals surface area (Å²) < 4.78 is 6.12. The molecular weight excluding hydrogens is 320 g/mol. The van der Waals surface area contributed by atoms with Gasteiger partial charge >= 0.3 is 11.7 Å². The summed E-state index contributed by atoms with van der Waals surface area (Å²) >= 11 is 0. The highest BCUT2D eigenvalue weighted by molar-refractivity contribution is 5.82. The zero-order chi connectivity index (χ0) is 18.1. The Morgan fingerprint density at radius 3 is 2.52 bits per heavy atom. The maximum absolute atomic E-state index is 12.9. The van der Waals surface area contributed by atoms with Crippen molar-refractivity contribution in [3.63, 3.8) is 0 Å². The summed E-state index contributed by atoms with van der Waals surface area (Å²) in [4.78, 5) is 39.7. The number of hydrogen-bond donors (Lipinski definition) is 1. The average molecular weight is 344 g/mol. The number of aromatic amines is 1. The van der Waals surface area contributed by atoms with Crippen molar-refractivity contribution in [2.75, 3.05) is 7.11 Å². The molecular formula is C19H24N2O4. The van der Waals surface area contributed by atoms with Crippen molar-refractivity contribution in [2.24, 2.45) is 11.8 Å². The number of carbonyl (C=O) groups excluding carboxylic acids is 1. The molecule has 0 spiro atoms. The van der Waals surface area contributed by atoms with Crippen LogP contribution in [0.3, 0.4) is 0 Å². The van der Waals surface area contributed by atoms with Crippen LogP contribution in [0, 0.1) is 25.7 Å². The molecule has 25 heavy (non-hydrogen) atoms. The summed E-state index contributed by atoms with van der Waals surface area (Å²) in [6.07, 6.45) is 3.12. The van der Waals surface area contributed by atoms with Crippen LogP contribution in [0.1, 0.15) is 36.8 Å². The predicted octanol–water partition coefficient (Wildman–Crippen LogP) is 2.29. The molecule has 0 atom stereocenters. The number of H-pyrrole nitrogens is 1. The second-order valence-electron chi connectivity index (χ2n) is 7.02. The van der Waals surface area contributed by atoms with Gasteiger partial charge in [-0.3, -0.25) is 14.2 Å². The molecule has 1 saturated carbocycles. The van der Waals surface area contributed by atoms with Gasteiger partial charge in [-0.25, -0.2) is 4.79 Å². The van der Waals surface area contributed by atoms with Crippen LogP contribution in [0.5, 0.6) is 0 Å². The molecule has 3 rings (SSSR count). The lowest BCUT2D eigenvalue weighted by atomic mass is 9.82. The summed E-state index contributed by atoms with van der Waals surface area (Å²) in [5, 5.41) is 0.586. The van der Waals surface area contributed by atoms with Crippen molar-refractivity contribution in [1.29, 1.82) is 0 Å². The van der Waals surface area contributed by atoms with Crippen molar-refractivity contribution in [3.8, 4) is 0 Å². The minimum Gasteiger partial charge on any atom is -0.469 e. The first-order valence-corrected chi connectivity index (χ1v) is 8.73. The second kappa shape index (κ2) is 6.86. The van der Waals surface area contributed by atoms with Crippen LogP contribution >= 0.6 is 0 Å². The van der Waals surface area contributed by atoms with Gasteiger partial charge in [0.2, 0.25) is 0 Å².